The van der Waals surface area contributed by atoms with E-state index in [1.807, 2.05) is 0 Å². The number of hydrogen-bond acceptors (Lipinski definition) is 8. The number of nitrogens with zero attached hydrogens (tertiary/aromatic N) is 2. The molecule has 0 spiro atoms. The van der Waals surface area contributed by atoms with Gasteiger partial charge >= 0.3 is 5.91 Å². The molecule has 3 aromatic rings. The molecule has 7 nitrogen and oxygen atoms in total. The van der Waals surface area contributed by atoms with Crippen molar-refractivity contribution in [2.45, 2.75) is 57.4 Å². The number of nitrogens with one attached hydrogen (secondary N) is 2. The summed E-state index contributed by atoms with van der Waals surface area (Å²) < 4.78 is 11.3. The molecule has 0 aliphatic carbocycles. The van der Waals surface area contributed by atoms with E-state index in [1.54, 1.807) is 35.2 Å². The molecule has 4 rings (SSSR count). The van der Waals surface area contributed by atoms with Crippen molar-refractivity contribution in [3.63, 3.8) is 0 Å². The Balaban J connectivity index is 1.71. The van der Waals surface area contributed by atoms with Crippen LogP contribution in [0.3, 0.4) is 0 Å². The van der Waals surface area contributed by atoms with Gasteiger partial charge in [-0.3, -0.25) is 15.6 Å². The van der Waals surface area contributed by atoms with E-state index < -0.39 is 0 Å². The van der Waals surface area contributed by atoms with Crippen LogP contribution in [0.2, 0.25) is 0 Å². The number of carbonyl (C=O) groups excluding carboxylic acids is 1. The molecule has 3 aromatic heterocycles. The van der Waals surface area contributed by atoms with Crippen molar-refractivity contribution in [2.75, 3.05) is 11.2 Å². The second kappa shape index (κ2) is 8.33. The molecule has 29 heavy (non-hydrogen) atoms. The second-order valence-electron chi connectivity index (χ2n) is 7.21. The molecule has 1 aliphatic rings. The zero-order chi connectivity index (χ0) is 20.4. The summed E-state index contributed by atoms with van der Waals surface area (Å²) in [6, 6.07) is 3.30. The van der Waals surface area contributed by atoms with Crippen molar-refractivity contribution in [2.24, 2.45) is 0 Å². The minimum Gasteiger partial charge on any atom is -0.459 e. The lowest BCUT2D eigenvalue weighted by atomic mass is 9.90. The highest BCUT2D eigenvalue weighted by molar-refractivity contribution is 7.99. The van der Waals surface area contributed by atoms with E-state index in [2.05, 4.69) is 31.6 Å². The van der Waals surface area contributed by atoms with Gasteiger partial charge < -0.3 is 9.15 Å². The molecule has 1 aliphatic heterocycles. The third-order valence-electron chi connectivity index (χ3n) is 5.04. The number of ether oxygens (including phenoxy) is 1. The topological polar surface area (TPSA) is 89.3 Å². The Bertz CT molecular complexity index is 1020. The molecule has 0 saturated heterocycles. The summed E-state index contributed by atoms with van der Waals surface area (Å²) >= 11 is 3.26. The molecular formula is C20H24N4O3S2. The highest BCUT2D eigenvalue weighted by Crippen LogP contribution is 2.42. The third kappa shape index (κ3) is 4.12. The highest BCUT2D eigenvalue weighted by atomic mass is 32.2. The largest absolute Gasteiger partial charge is 0.459 e. The van der Waals surface area contributed by atoms with E-state index in [1.165, 1.54) is 16.7 Å². The molecule has 1 amide bonds. The first-order valence-electron chi connectivity index (χ1n) is 9.72. The Morgan fingerprint density at radius 3 is 2.97 bits per heavy atom. The molecule has 1 atom stereocenters. The van der Waals surface area contributed by atoms with E-state index in [0.29, 0.717) is 17.6 Å². The number of thioether (sulfide) groups is 1. The van der Waals surface area contributed by atoms with Gasteiger partial charge in [0.05, 0.1) is 23.9 Å². The quantitative estimate of drug-likeness (QED) is 0.315. The van der Waals surface area contributed by atoms with Gasteiger partial charge in [-0.05, 0) is 37.5 Å². The highest BCUT2D eigenvalue weighted by Gasteiger charge is 2.33. The Morgan fingerprint density at radius 1 is 1.38 bits per heavy atom. The minimum absolute atomic E-state index is 0.203. The maximum absolute atomic E-state index is 12.3. The molecule has 4 heterocycles. The van der Waals surface area contributed by atoms with Crippen LogP contribution in [0.25, 0.3) is 10.2 Å². The first kappa shape index (κ1) is 20.2. The summed E-state index contributed by atoms with van der Waals surface area (Å²) in [5.74, 6) is 1.44. The van der Waals surface area contributed by atoms with Crippen LogP contribution in [0.5, 0.6) is 0 Å². The number of rotatable bonds is 7. The molecule has 0 aromatic carbocycles. The van der Waals surface area contributed by atoms with Crippen molar-refractivity contribution in [1.29, 1.82) is 0 Å². The van der Waals surface area contributed by atoms with Crippen molar-refractivity contribution >= 4 is 45.0 Å². The Labute approximate surface area is 177 Å². The monoisotopic (exact) mass is 432 g/mol. The van der Waals surface area contributed by atoms with Crippen LogP contribution in [-0.2, 0) is 17.8 Å². The molecule has 9 heteroatoms. The summed E-state index contributed by atoms with van der Waals surface area (Å²) in [4.78, 5) is 23.9. The lowest BCUT2D eigenvalue weighted by molar-refractivity contribution is -0.0543. The van der Waals surface area contributed by atoms with E-state index >= 15 is 0 Å². The summed E-state index contributed by atoms with van der Waals surface area (Å²) in [6.07, 6.45) is 4.23. The maximum atomic E-state index is 12.3. The predicted octanol–water partition coefficient (Wildman–Crippen LogP) is 4.78. The lowest BCUT2D eigenvalue weighted by Crippen LogP contribution is -2.34. The average Bonchev–Trinajstić information content (AvgIpc) is 3.38. The van der Waals surface area contributed by atoms with E-state index in [0.717, 1.165) is 35.2 Å². The van der Waals surface area contributed by atoms with Gasteiger partial charge in [-0.2, -0.15) is 0 Å². The van der Waals surface area contributed by atoms with Gasteiger partial charge in [-0.25, -0.2) is 9.97 Å². The number of furan rings is 1. The smallest absolute Gasteiger partial charge is 0.305 e. The molecule has 0 saturated carbocycles. The SMILES string of the molecule is CCCSc1nc(NNC(=O)c2ccco2)c2c3c(sc2n1)COC(C)(CC)C3. The number of thiophene rings is 1. The molecule has 0 fully saturated rings. The van der Waals surface area contributed by atoms with Gasteiger partial charge in [0, 0.05) is 17.1 Å². The minimum atomic E-state index is -0.352. The van der Waals surface area contributed by atoms with Gasteiger partial charge in [-0.15, -0.1) is 11.3 Å². The van der Waals surface area contributed by atoms with Crippen molar-refractivity contribution in [3.8, 4) is 0 Å². The van der Waals surface area contributed by atoms with Crippen LogP contribution < -0.4 is 10.9 Å². The number of carbonyl (C=O) groups is 1. The Hall–Kier alpha value is -2.10. The third-order valence-corrected chi connectivity index (χ3v) is 7.19. The normalized spacial score (nSPS) is 18.6. The van der Waals surface area contributed by atoms with E-state index in [-0.39, 0.29) is 17.3 Å². The molecule has 2 N–H and O–H groups in total. The van der Waals surface area contributed by atoms with Crippen LogP contribution in [0, 0.1) is 0 Å². The van der Waals surface area contributed by atoms with Crippen LogP contribution >= 0.6 is 23.1 Å². The molecule has 0 bridgehead atoms. The number of fused-ring (bicyclic) bond motifs is 3. The van der Waals surface area contributed by atoms with Gasteiger partial charge in [0.15, 0.2) is 16.7 Å². The van der Waals surface area contributed by atoms with Crippen LogP contribution in [-0.4, -0.2) is 27.2 Å². The van der Waals surface area contributed by atoms with Crippen molar-refractivity contribution in [1.82, 2.24) is 15.4 Å². The van der Waals surface area contributed by atoms with Gasteiger partial charge in [0.1, 0.15) is 4.83 Å². The fourth-order valence-electron chi connectivity index (χ4n) is 3.21. The molecular weight excluding hydrogens is 408 g/mol. The summed E-state index contributed by atoms with van der Waals surface area (Å²) in [5.41, 5.74) is 6.72. The maximum Gasteiger partial charge on any atom is 0.305 e. The fourth-order valence-corrected chi connectivity index (χ4v) is 5.07. The first-order valence-corrected chi connectivity index (χ1v) is 11.5. The van der Waals surface area contributed by atoms with Crippen molar-refractivity contribution in [3.05, 3.63) is 34.6 Å². The van der Waals surface area contributed by atoms with E-state index in [4.69, 9.17) is 19.1 Å². The summed E-state index contributed by atoms with van der Waals surface area (Å²) in [7, 11) is 0. The molecule has 0 radical (unpaired) electrons. The van der Waals surface area contributed by atoms with Crippen LogP contribution in [0.15, 0.2) is 28.0 Å². The van der Waals surface area contributed by atoms with Crippen molar-refractivity contribution < 1.29 is 13.9 Å². The second-order valence-corrected chi connectivity index (χ2v) is 9.36. The first-order chi connectivity index (χ1) is 14.0. The Morgan fingerprint density at radius 2 is 2.24 bits per heavy atom. The zero-order valence-electron chi connectivity index (χ0n) is 16.7. The number of hydrazine groups is 1. The lowest BCUT2D eigenvalue weighted by Gasteiger charge is -2.33. The number of amides is 1. The van der Waals surface area contributed by atoms with E-state index in [9.17, 15) is 4.79 Å². The summed E-state index contributed by atoms with van der Waals surface area (Å²) in [5, 5.41) is 1.67. The average molecular weight is 433 g/mol. The number of anilines is 1. The standard InChI is InChI=1S/C20H24N4O3S2/c1-4-9-28-19-21-16(23-24-17(25)13-7-6-8-26-13)15-12-10-20(3,5-2)27-11-14(12)29-18(15)22-19/h6-8H,4-5,9-11H2,1-3H3,(H,24,25)(H,21,22,23). The number of aromatic nitrogens is 2. The van der Waals surface area contributed by atoms with Crippen LogP contribution in [0.4, 0.5) is 5.82 Å². The zero-order valence-corrected chi connectivity index (χ0v) is 18.3. The number of hydrogen-bond donors (Lipinski definition) is 2. The predicted molar refractivity (Wildman–Crippen MR) is 115 cm³/mol. The van der Waals surface area contributed by atoms with Gasteiger partial charge in [0.2, 0.25) is 0 Å². The fraction of sp³-hybridized carbons (Fsp3) is 0.450. The summed E-state index contributed by atoms with van der Waals surface area (Å²) in [6.45, 7) is 6.98. The van der Waals surface area contributed by atoms with Gasteiger partial charge in [0.25, 0.3) is 0 Å². The van der Waals surface area contributed by atoms with Gasteiger partial charge in [-0.1, -0.05) is 25.6 Å². The Kier molecular flexibility index (Phi) is 5.80. The molecule has 154 valence electrons. The van der Waals surface area contributed by atoms with Crippen LogP contribution in [0.1, 0.15) is 54.6 Å². The molecule has 1 unspecified atom stereocenters.